The van der Waals surface area contributed by atoms with Crippen LogP contribution in [0.3, 0.4) is 0 Å². The van der Waals surface area contributed by atoms with E-state index in [2.05, 4.69) is 26.0 Å². The second kappa shape index (κ2) is 5.90. The van der Waals surface area contributed by atoms with E-state index in [1.165, 1.54) is 0 Å². The van der Waals surface area contributed by atoms with E-state index in [0.29, 0.717) is 5.92 Å². The Kier molecular flexibility index (Phi) is 4.81. The molecule has 0 spiro atoms. The zero-order valence-corrected chi connectivity index (χ0v) is 10.7. The molecule has 1 rings (SSSR count). The smallest absolute Gasteiger partial charge is 0.120 e. The average Bonchev–Trinajstić information content (AvgIpc) is 2.26. The molecule has 0 saturated heterocycles. The molecule has 0 aliphatic carbocycles. The molecule has 0 aliphatic heterocycles. The van der Waals surface area contributed by atoms with Crippen LogP contribution in [0.2, 0.25) is 0 Å². The van der Waals surface area contributed by atoms with Crippen molar-refractivity contribution in [2.45, 2.75) is 46.3 Å². The molecule has 2 nitrogen and oxygen atoms in total. The first-order valence-corrected chi connectivity index (χ1v) is 6.06. The minimum Gasteiger partial charge on any atom is -0.491 e. The summed E-state index contributed by atoms with van der Waals surface area (Å²) in [7, 11) is 0. The third kappa shape index (κ3) is 3.53. The van der Waals surface area contributed by atoms with Crippen molar-refractivity contribution in [3.05, 3.63) is 29.8 Å². The van der Waals surface area contributed by atoms with E-state index in [-0.39, 0.29) is 12.1 Å². The monoisotopic (exact) mass is 221 g/mol. The van der Waals surface area contributed by atoms with Crippen molar-refractivity contribution in [3.8, 4) is 5.75 Å². The molecule has 0 radical (unpaired) electrons. The summed E-state index contributed by atoms with van der Waals surface area (Å²) in [4.78, 5) is 0. The van der Waals surface area contributed by atoms with Crippen molar-refractivity contribution in [1.29, 1.82) is 0 Å². The topological polar surface area (TPSA) is 35.2 Å². The van der Waals surface area contributed by atoms with Gasteiger partial charge in [-0.25, -0.2) is 0 Å². The summed E-state index contributed by atoms with van der Waals surface area (Å²) in [5.41, 5.74) is 7.35. The van der Waals surface area contributed by atoms with Gasteiger partial charge in [-0.1, -0.05) is 32.4 Å². The van der Waals surface area contributed by atoms with E-state index in [4.69, 9.17) is 10.5 Å². The maximum Gasteiger partial charge on any atom is 0.120 e. The van der Waals surface area contributed by atoms with Gasteiger partial charge in [-0.2, -0.15) is 0 Å². The van der Waals surface area contributed by atoms with Crippen LogP contribution in [0.1, 0.15) is 45.7 Å². The van der Waals surface area contributed by atoms with Gasteiger partial charge in [-0.3, -0.25) is 0 Å². The van der Waals surface area contributed by atoms with E-state index in [0.717, 1.165) is 17.7 Å². The molecule has 0 amide bonds. The first kappa shape index (κ1) is 13.0. The van der Waals surface area contributed by atoms with Gasteiger partial charge in [-0.05, 0) is 37.5 Å². The average molecular weight is 221 g/mol. The number of benzene rings is 1. The Balaban J connectivity index is 2.81. The summed E-state index contributed by atoms with van der Waals surface area (Å²) in [5, 5.41) is 0. The van der Waals surface area contributed by atoms with Crippen LogP contribution in [-0.2, 0) is 0 Å². The number of nitrogens with two attached hydrogens (primary N) is 1. The molecule has 0 heterocycles. The molecule has 0 saturated carbocycles. The van der Waals surface area contributed by atoms with Crippen molar-refractivity contribution < 1.29 is 4.74 Å². The fraction of sp³-hybridized carbons (Fsp3) is 0.571. The third-order valence-corrected chi connectivity index (χ3v) is 2.87. The second-order valence-electron chi connectivity index (χ2n) is 4.65. The van der Waals surface area contributed by atoms with Crippen LogP contribution in [0.5, 0.6) is 5.75 Å². The molecular weight excluding hydrogens is 198 g/mol. The molecule has 16 heavy (non-hydrogen) atoms. The van der Waals surface area contributed by atoms with Crippen LogP contribution in [-0.4, -0.2) is 6.10 Å². The molecule has 2 heteroatoms. The first-order valence-electron chi connectivity index (χ1n) is 6.06. The lowest BCUT2D eigenvalue weighted by molar-refractivity contribution is 0.242. The third-order valence-electron chi connectivity index (χ3n) is 2.87. The van der Waals surface area contributed by atoms with E-state index in [1.54, 1.807) is 0 Å². The lowest BCUT2D eigenvalue weighted by atomic mass is 9.93. The summed E-state index contributed by atoms with van der Waals surface area (Å²) in [6.07, 6.45) is 1.30. The highest BCUT2D eigenvalue weighted by Crippen LogP contribution is 2.25. The minimum atomic E-state index is 0.0979. The summed E-state index contributed by atoms with van der Waals surface area (Å²) in [6, 6.07) is 8.21. The summed E-state index contributed by atoms with van der Waals surface area (Å²) >= 11 is 0. The molecule has 90 valence electrons. The Morgan fingerprint density at radius 2 is 1.94 bits per heavy atom. The molecule has 2 atom stereocenters. The molecule has 2 unspecified atom stereocenters. The van der Waals surface area contributed by atoms with Gasteiger partial charge in [0.15, 0.2) is 0 Å². The molecule has 0 fully saturated rings. The Morgan fingerprint density at radius 1 is 1.25 bits per heavy atom. The Labute approximate surface area is 98.8 Å². The Bertz CT molecular complexity index is 322. The molecule has 1 aromatic rings. The van der Waals surface area contributed by atoms with Crippen LogP contribution < -0.4 is 10.5 Å². The minimum absolute atomic E-state index is 0.0979. The van der Waals surface area contributed by atoms with Crippen LogP contribution in [0.4, 0.5) is 0 Å². The quantitative estimate of drug-likeness (QED) is 0.825. The molecule has 0 aromatic heterocycles. The SMILES string of the molecule is CCC(C)C(N)c1cccc(OC(C)C)c1. The van der Waals surface area contributed by atoms with Crippen molar-refractivity contribution >= 4 is 0 Å². The predicted molar refractivity (Wildman–Crippen MR) is 68.6 cm³/mol. The highest BCUT2D eigenvalue weighted by Gasteiger charge is 2.13. The lowest BCUT2D eigenvalue weighted by Gasteiger charge is -2.19. The lowest BCUT2D eigenvalue weighted by Crippen LogP contribution is -2.18. The second-order valence-corrected chi connectivity index (χ2v) is 4.65. The van der Waals surface area contributed by atoms with Gasteiger partial charge in [0.1, 0.15) is 5.75 Å². The van der Waals surface area contributed by atoms with Crippen molar-refractivity contribution in [1.82, 2.24) is 0 Å². The number of rotatable bonds is 5. The van der Waals surface area contributed by atoms with Gasteiger partial charge in [0.25, 0.3) is 0 Å². The first-order chi connectivity index (χ1) is 7.54. The fourth-order valence-corrected chi connectivity index (χ4v) is 1.65. The Morgan fingerprint density at radius 3 is 2.50 bits per heavy atom. The fourth-order valence-electron chi connectivity index (χ4n) is 1.65. The van der Waals surface area contributed by atoms with Crippen LogP contribution in [0.25, 0.3) is 0 Å². The zero-order valence-electron chi connectivity index (χ0n) is 10.7. The van der Waals surface area contributed by atoms with Gasteiger partial charge in [0.2, 0.25) is 0 Å². The molecule has 2 N–H and O–H groups in total. The van der Waals surface area contributed by atoms with E-state index >= 15 is 0 Å². The molecule has 0 aliphatic rings. The Hall–Kier alpha value is -1.02. The molecule has 0 bridgehead atoms. The number of hydrogen-bond acceptors (Lipinski definition) is 2. The number of ether oxygens (including phenoxy) is 1. The zero-order chi connectivity index (χ0) is 12.1. The van der Waals surface area contributed by atoms with Crippen molar-refractivity contribution in [3.63, 3.8) is 0 Å². The van der Waals surface area contributed by atoms with E-state index < -0.39 is 0 Å². The van der Waals surface area contributed by atoms with Crippen LogP contribution in [0, 0.1) is 5.92 Å². The summed E-state index contributed by atoms with van der Waals surface area (Å²) in [6.45, 7) is 8.40. The van der Waals surface area contributed by atoms with E-state index in [1.807, 2.05) is 26.0 Å². The standard InChI is InChI=1S/C14H23NO/c1-5-11(4)14(15)12-7-6-8-13(9-12)16-10(2)3/h6-11,14H,5,15H2,1-4H3. The summed E-state index contributed by atoms with van der Waals surface area (Å²) < 4.78 is 5.66. The number of hydrogen-bond donors (Lipinski definition) is 1. The van der Waals surface area contributed by atoms with Crippen molar-refractivity contribution in [2.75, 3.05) is 0 Å². The predicted octanol–water partition coefficient (Wildman–Crippen LogP) is 3.52. The van der Waals surface area contributed by atoms with Gasteiger partial charge in [-0.15, -0.1) is 0 Å². The van der Waals surface area contributed by atoms with Gasteiger partial charge >= 0.3 is 0 Å². The van der Waals surface area contributed by atoms with Crippen LogP contribution >= 0.6 is 0 Å². The van der Waals surface area contributed by atoms with Gasteiger partial charge < -0.3 is 10.5 Å². The van der Waals surface area contributed by atoms with Crippen LogP contribution in [0.15, 0.2) is 24.3 Å². The highest BCUT2D eigenvalue weighted by molar-refractivity contribution is 5.30. The maximum absolute atomic E-state index is 6.19. The van der Waals surface area contributed by atoms with Gasteiger partial charge in [0, 0.05) is 6.04 Å². The van der Waals surface area contributed by atoms with Crippen molar-refractivity contribution in [2.24, 2.45) is 11.7 Å². The molecule has 1 aromatic carbocycles. The van der Waals surface area contributed by atoms with Gasteiger partial charge in [0.05, 0.1) is 6.10 Å². The highest BCUT2D eigenvalue weighted by atomic mass is 16.5. The molecular formula is C14H23NO. The van der Waals surface area contributed by atoms with E-state index in [9.17, 15) is 0 Å². The largest absolute Gasteiger partial charge is 0.491 e. The maximum atomic E-state index is 6.19. The normalized spacial score (nSPS) is 14.9. The summed E-state index contributed by atoms with van der Waals surface area (Å²) in [5.74, 6) is 1.40.